The predicted molar refractivity (Wildman–Crippen MR) is 37.4 cm³/mol. The van der Waals surface area contributed by atoms with E-state index >= 15 is 0 Å². The Morgan fingerprint density at radius 1 is 1.33 bits per heavy atom. The molecule has 0 heterocycles. The summed E-state index contributed by atoms with van der Waals surface area (Å²) in [5, 5.41) is 0.590. The number of rotatable bonds is 1. The fourth-order valence-electron chi connectivity index (χ4n) is 0.562. The zero-order valence-electron chi connectivity index (χ0n) is 4.80. The molecule has 0 aliphatic heterocycles. The van der Waals surface area contributed by atoms with Crippen molar-refractivity contribution in [3.05, 3.63) is 36.4 Å². The molecule has 0 N–H and O–H groups in total. The zero-order valence-corrected chi connectivity index (χ0v) is 5.56. The van der Waals surface area contributed by atoms with E-state index in [4.69, 9.17) is 11.6 Å². The van der Waals surface area contributed by atoms with Crippen LogP contribution < -0.4 is 4.74 Å². The van der Waals surface area contributed by atoms with Crippen molar-refractivity contribution in [3.8, 4) is 5.75 Å². The molecule has 9 heavy (non-hydrogen) atoms. The van der Waals surface area contributed by atoms with Gasteiger partial charge in [-0.2, -0.15) is 0 Å². The molecule has 1 aromatic carbocycles. The molecule has 0 fully saturated rings. The summed E-state index contributed by atoms with van der Waals surface area (Å²) in [7, 11) is 3.23. The Hall–Kier alpha value is -0.690. The zero-order chi connectivity index (χ0) is 6.69. The summed E-state index contributed by atoms with van der Waals surface area (Å²) in [6.07, 6.45) is 0. The minimum Gasteiger partial charge on any atom is -0.488 e. The molecule has 0 amide bonds. The highest BCUT2D eigenvalue weighted by Crippen LogP contribution is 2.22. The molecule has 1 nitrogen and oxygen atoms in total. The Labute approximate surface area is 59.2 Å². The molecule has 1 rings (SSSR count). The molecule has 0 bridgehead atoms. The summed E-state index contributed by atoms with van der Waals surface area (Å²) >= 11 is 5.66. The molecule has 0 atom stereocenters. The van der Waals surface area contributed by atoms with Crippen LogP contribution in [0.4, 0.5) is 0 Å². The maximum Gasteiger partial charge on any atom is 0.138 e. The molecule has 0 aliphatic carbocycles. The van der Waals surface area contributed by atoms with E-state index in [9.17, 15) is 0 Å². The quantitative estimate of drug-likeness (QED) is 0.584. The molecular formula is C7H6ClO. The highest BCUT2D eigenvalue weighted by molar-refractivity contribution is 6.32. The van der Waals surface area contributed by atoms with Crippen LogP contribution in [0.3, 0.4) is 0 Å². The van der Waals surface area contributed by atoms with Crippen molar-refractivity contribution in [3.63, 3.8) is 0 Å². The summed E-state index contributed by atoms with van der Waals surface area (Å²) in [6, 6.07) is 7.19. The molecule has 2 heteroatoms. The van der Waals surface area contributed by atoms with Crippen molar-refractivity contribution in [2.24, 2.45) is 0 Å². The molecule has 0 spiro atoms. The van der Waals surface area contributed by atoms with Gasteiger partial charge < -0.3 is 4.74 Å². The van der Waals surface area contributed by atoms with Gasteiger partial charge in [0.25, 0.3) is 0 Å². The number of para-hydroxylation sites is 1. The third kappa shape index (κ3) is 1.36. The molecule has 0 aromatic heterocycles. The number of hydrogen-bond donors (Lipinski definition) is 0. The SMILES string of the molecule is [CH2]Oc1ccccc1Cl. The molecule has 0 saturated carbocycles. The lowest BCUT2D eigenvalue weighted by atomic mass is 10.3. The van der Waals surface area contributed by atoms with E-state index in [-0.39, 0.29) is 0 Å². The van der Waals surface area contributed by atoms with Crippen molar-refractivity contribution in [1.82, 2.24) is 0 Å². The van der Waals surface area contributed by atoms with Gasteiger partial charge in [-0.1, -0.05) is 23.7 Å². The third-order valence-corrected chi connectivity index (χ3v) is 1.30. The number of ether oxygens (including phenoxy) is 1. The van der Waals surface area contributed by atoms with E-state index in [0.717, 1.165) is 0 Å². The topological polar surface area (TPSA) is 9.23 Å². The summed E-state index contributed by atoms with van der Waals surface area (Å²) < 4.78 is 4.66. The lowest BCUT2D eigenvalue weighted by Gasteiger charge is -1.98. The Morgan fingerprint density at radius 2 is 2.00 bits per heavy atom. The Balaban J connectivity index is 3.01. The average molecular weight is 142 g/mol. The second-order valence-electron chi connectivity index (χ2n) is 1.57. The number of halogens is 1. The summed E-state index contributed by atoms with van der Waals surface area (Å²) in [6.45, 7) is 0. The molecule has 0 saturated heterocycles. The van der Waals surface area contributed by atoms with Crippen LogP contribution in [-0.4, -0.2) is 0 Å². The van der Waals surface area contributed by atoms with Gasteiger partial charge in [0.15, 0.2) is 0 Å². The predicted octanol–water partition coefficient (Wildman–Crippen LogP) is 2.51. The Morgan fingerprint density at radius 3 is 2.44 bits per heavy atom. The van der Waals surface area contributed by atoms with Crippen molar-refractivity contribution in [2.75, 3.05) is 0 Å². The minimum atomic E-state index is 0.590. The van der Waals surface area contributed by atoms with Crippen LogP contribution in [0.2, 0.25) is 5.02 Å². The first-order chi connectivity index (χ1) is 4.34. The number of hydrogen-bond acceptors (Lipinski definition) is 1. The van der Waals surface area contributed by atoms with Crippen molar-refractivity contribution in [2.45, 2.75) is 0 Å². The maximum absolute atomic E-state index is 5.66. The average Bonchev–Trinajstić information content (AvgIpc) is 1.89. The van der Waals surface area contributed by atoms with Gasteiger partial charge in [0.1, 0.15) is 12.9 Å². The van der Waals surface area contributed by atoms with Gasteiger partial charge in [0.05, 0.1) is 5.02 Å². The first-order valence-corrected chi connectivity index (χ1v) is 2.89. The smallest absolute Gasteiger partial charge is 0.138 e. The van der Waals surface area contributed by atoms with E-state index in [2.05, 4.69) is 11.8 Å². The van der Waals surface area contributed by atoms with Crippen LogP contribution in [0.5, 0.6) is 5.75 Å². The molecule has 1 aromatic rings. The number of benzene rings is 1. The normalized spacial score (nSPS) is 9.11. The summed E-state index contributed by atoms with van der Waals surface area (Å²) in [5.41, 5.74) is 0. The Kier molecular flexibility index (Phi) is 1.96. The van der Waals surface area contributed by atoms with Crippen LogP contribution in [0.15, 0.2) is 24.3 Å². The van der Waals surface area contributed by atoms with Crippen LogP contribution in [0, 0.1) is 7.11 Å². The molecule has 0 unspecified atom stereocenters. The lowest BCUT2D eigenvalue weighted by Crippen LogP contribution is -1.77. The van der Waals surface area contributed by atoms with Gasteiger partial charge in [-0.25, -0.2) is 0 Å². The van der Waals surface area contributed by atoms with E-state index in [1.165, 1.54) is 0 Å². The largest absolute Gasteiger partial charge is 0.488 e. The van der Waals surface area contributed by atoms with Crippen LogP contribution in [-0.2, 0) is 0 Å². The van der Waals surface area contributed by atoms with Crippen LogP contribution >= 0.6 is 11.6 Å². The van der Waals surface area contributed by atoms with Gasteiger partial charge >= 0.3 is 0 Å². The summed E-state index contributed by atoms with van der Waals surface area (Å²) in [4.78, 5) is 0. The van der Waals surface area contributed by atoms with Gasteiger partial charge in [-0.15, -0.1) is 0 Å². The van der Waals surface area contributed by atoms with Crippen LogP contribution in [0.1, 0.15) is 0 Å². The lowest BCUT2D eigenvalue weighted by molar-refractivity contribution is 0.473. The van der Waals surface area contributed by atoms with E-state index in [1.54, 1.807) is 12.1 Å². The van der Waals surface area contributed by atoms with E-state index in [1.807, 2.05) is 12.1 Å². The first kappa shape index (κ1) is 6.43. The highest BCUT2D eigenvalue weighted by Gasteiger charge is 1.93. The highest BCUT2D eigenvalue weighted by atomic mass is 35.5. The third-order valence-electron chi connectivity index (χ3n) is 0.992. The van der Waals surface area contributed by atoms with Gasteiger partial charge in [0.2, 0.25) is 0 Å². The monoisotopic (exact) mass is 141 g/mol. The van der Waals surface area contributed by atoms with Gasteiger partial charge in [-0.3, -0.25) is 0 Å². The van der Waals surface area contributed by atoms with Gasteiger partial charge in [0, 0.05) is 0 Å². The second kappa shape index (κ2) is 2.74. The molecule has 47 valence electrons. The standard InChI is InChI=1S/C7H6ClO/c1-9-7-5-3-2-4-6(7)8/h2-5H,1H2. The van der Waals surface area contributed by atoms with E-state index < -0.39 is 0 Å². The summed E-state index contributed by atoms with van der Waals surface area (Å²) in [5.74, 6) is 0.610. The molecular weight excluding hydrogens is 136 g/mol. The minimum absolute atomic E-state index is 0.590. The maximum atomic E-state index is 5.66. The molecule has 1 radical (unpaired) electrons. The first-order valence-electron chi connectivity index (χ1n) is 2.51. The fraction of sp³-hybridized carbons (Fsp3) is 0. The molecule has 0 aliphatic rings. The Bertz CT molecular complexity index is 198. The second-order valence-corrected chi connectivity index (χ2v) is 1.98. The van der Waals surface area contributed by atoms with Crippen molar-refractivity contribution in [1.29, 1.82) is 0 Å². The van der Waals surface area contributed by atoms with Crippen molar-refractivity contribution < 1.29 is 4.74 Å². The van der Waals surface area contributed by atoms with Gasteiger partial charge in [-0.05, 0) is 12.1 Å². The van der Waals surface area contributed by atoms with E-state index in [0.29, 0.717) is 10.8 Å². The fourth-order valence-corrected chi connectivity index (χ4v) is 0.752. The van der Waals surface area contributed by atoms with Crippen molar-refractivity contribution >= 4 is 11.6 Å². The van der Waals surface area contributed by atoms with Crippen LogP contribution in [0.25, 0.3) is 0 Å².